The van der Waals surface area contributed by atoms with E-state index in [2.05, 4.69) is 10.1 Å². The molecule has 2 heterocycles. The van der Waals surface area contributed by atoms with Crippen molar-refractivity contribution >= 4 is 17.4 Å². The van der Waals surface area contributed by atoms with Crippen molar-refractivity contribution in [1.82, 2.24) is 4.98 Å². The fourth-order valence-corrected chi connectivity index (χ4v) is 2.77. The normalized spacial score (nSPS) is 14.0. The van der Waals surface area contributed by atoms with Crippen molar-refractivity contribution in [2.75, 3.05) is 5.01 Å². The maximum Gasteiger partial charge on any atom is 0.249 e. The minimum atomic E-state index is -0.306. The standard InChI is InChI=1S/C21H16FN3O2/c22-16-6-10-18(11-7-16)27-17-8-4-15(5-9-17)19-12-13-21(26)25(24-19)20-3-1-2-14-23-20/h1-11,14H,12-13H2. The highest BCUT2D eigenvalue weighted by Crippen LogP contribution is 2.24. The Morgan fingerprint density at radius 1 is 0.889 bits per heavy atom. The van der Waals surface area contributed by atoms with Crippen LogP contribution >= 0.6 is 0 Å². The quantitative estimate of drug-likeness (QED) is 0.685. The van der Waals surface area contributed by atoms with Crippen LogP contribution < -0.4 is 9.75 Å². The Morgan fingerprint density at radius 2 is 1.59 bits per heavy atom. The molecule has 0 unspecified atom stereocenters. The number of benzene rings is 2. The first-order valence-electron chi connectivity index (χ1n) is 8.54. The number of hydrogen-bond donors (Lipinski definition) is 0. The lowest BCUT2D eigenvalue weighted by Crippen LogP contribution is -2.32. The average Bonchev–Trinajstić information content (AvgIpc) is 2.71. The van der Waals surface area contributed by atoms with Crippen LogP contribution in [-0.4, -0.2) is 16.6 Å². The Balaban J connectivity index is 1.54. The van der Waals surface area contributed by atoms with Crippen LogP contribution in [0, 0.1) is 5.82 Å². The molecule has 0 bridgehead atoms. The van der Waals surface area contributed by atoms with Crippen LogP contribution in [-0.2, 0) is 4.79 Å². The minimum absolute atomic E-state index is 0.0753. The minimum Gasteiger partial charge on any atom is -0.457 e. The van der Waals surface area contributed by atoms with Gasteiger partial charge in [-0.2, -0.15) is 10.1 Å². The van der Waals surface area contributed by atoms with Gasteiger partial charge in [-0.1, -0.05) is 6.07 Å². The Bertz CT molecular complexity index is 971. The number of aromatic nitrogens is 1. The molecule has 134 valence electrons. The number of rotatable bonds is 4. The largest absolute Gasteiger partial charge is 0.457 e. The summed E-state index contributed by atoms with van der Waals surface area (Å²) in [7, 11) is 0. The number of anilines is 1. The number of hydrazone groups is 1. The van der Waals surface area contributed by atoms with Crippen LogP contribution in [0.15, 0.2) is 78.0 Å². The molecule has 1 amide bonds. The van der Waals surface area contributed by atoms with Crippen molar-refractivity contribution in [3.05, 3.63) is 84.3 Å². The molecule has 0 N–H and O–H groups in total. The zero-order chi connectivity index (χ0) is 18.6. The number of hydrogen-bond acceptors (Lipinski definition) is 4. The number of amides is 1. The van der Waals surface area contributed by atoms with Crippen LogP contribution in [0.4, 0.5) is 10.2 Å². The van der Waals surface area contributed by atoms with Crippen LogP contribution in [0.2, 0.25) is 0 Å². The molecule has 4 rings (SSSR count). The Hall–Kier alpha value is -3.54. The molecular weight excluding hydrogens is 345 g/mol. The molecule has 6 heteroatoms. The van der Waals surface area contributed by atoms with Gasteiger partial charge >= 0.3 is 0 Å². The summed E-state index contributed by atoms with van der Waals surface area (Å²) in [5.74, 6) is 1.33. The van der Waals surface area contributed by atoms with Gasteiger partial charge in [0.15, 0.2) is 5.82 Å². The van der Waals surface area contributed by atoms with E-state index >= 15 is 0 Å². The van der Waals surface area contributed by atoms with Crippen molar-refractivity contribution < 1.29 is 13.9 Å². The average molecular weight is 361 g/mol. The first kappa shape index (κ1) is 16.9. The lowest BCUT2D eigenvalue weighted by molar-refractivity contribution is -0.118. The molecular formula is C21H16FN3O2. The zero-order valence-electron chi connectivity index (χ0n) is 14.4. The van der Waals surface area contributed by atoms with E-state index in [4.69, 9.17) is 4.74 Å². The number of nitrogens with zero attached hydrogens (tertiary/aromatic N) is 3. The summed E-state index contributed by atoms with van der Waals surface area (Å²) in [6, 6.07) is 18.6. The highest BCUT2D eigenvalue weighted by atomic mass is 19.1. The molecule has 1 aliphatic rings. The summed E-state index contributed by atoms with van der Waals surface area (Å²) >= 11 is 0. The smallest absolute Gasteiger partial charge is 0.249 e. The van der Waals surface area contributed by atoms with Gasteiger partial charge in [0.05, 0.1) is 5.71 Å². The van der Waals surface area contributed by atoms with E-state index in [-0.39, 0.29) is 11.7 Å². The number of carbonyl (C=O) groups is 1. The lowest BCUT2D eigenvalue weighted by atomic mass is 10.0. The topological polar surface area (TPSA) is 54.8 Å². The van der Waals surface area contributed by atoms with Crippen LogP contribution in [0.1, 0.15) is 18.4 Å². The third-order valence-corrected chi connectivity index (χ3v) is 4.14. The molecule has 3 aromatic rings. The van der Waals surface area contributed by atoms with E-state index in [1.807, 2.05) is 30.3 Å². The second-order valence-corrected chi connectivity index (χ2v) is 6.02. The second-order valence-electron chi connectivity index (χ2n) is 6.02. The molecule has 1 aromatic heterocycles. The highest BCUT2D eigenvalue weighted by Gasteiger charge is 2.23. The molecule has 0 spiro atoms. The summed E-state index contributed by atoms with van der Waals surface area (Å²) in [5.41, 5.74) is 1.73. The number of halogens is 1. The fourth-order valence-electron chi connectivity index (χ4n) is 2.77. The van der Waals surface area contributed by atoms with Gasteiger partial charge in [0.2, 0.25) is 5.91 Å². The van der Waals surface area contributed by atoms with Gasteiger partial charge in [0, 0.05) is 19.0 Å². The van der Waals surface area contributed by atoms with E-state index in [1.165, 1.54) is 17.1 Å². The molecule has 0 aliphatic carbocycles. The summed E-state index contributed by atoms with van der Waals surface area (Å²) in [6.45, 7) is 0. The SMILES string of the molecule is O=C1CCC(c2ccc(Oc3ccc(F)cc3)cc2)=NN1c1ccccn1. The third kappa shape index (κ3) is 3.84. The van der Waals surface area contributed by atoms with Crippen LogP contribution in [0.25, 0.3) is 0 Å². The highest BCUT2D eigenvalue weighted by molar-refractivity contribution is 6.08. The van der Waals surface area contributed by atoms with Crippen molar-refractivity contribution in [1.29, 1.82) is 0 Å². The van der Waals surface area contributed by atoms with Gasteiger partial charge < -0.3 is 4.74 Å². The molecule has 1 aliphatic heterocycles. The maximum absolute atomic E-state index is 13.0. The fraction of sp³-hybridized carbons (Fsp3) is 0.0952. The molecule has 0 saturated heterocycles. The molecule has 0 saturated carbocycles. The van der Waals surface area contributed by atoms with E-state index in [1.54, 1.807) is 30.5 Å². The summed E-state index contributed by atoms with van der Waals surface area (Å²) < 4.78 is 18.7. The Morgan fingerprint density at radius 3 is 2.26 bits per heavy atom. The number of carbonyl (C=O) groups excluding carboxylic acids is 1. The van der Waals surface area contributed by atoms with Gasteiger partial charge in [-0.3, -0.25) is 4.79 Å². The van der Waals surface area contributed by atoms with Crippen molar-refractivity contribution in [2.24, 2.45) is 5.10 Å². The van der Waals surface area contributed by atoms with E-state index < -0.39 is 0 Å². The maximum atomic E-state index is 13.0. The molecule has 5 nitrogen and oxygen atoms in total. The lowest BCUT2D eigenvalue weighted by Gasteiger charge is -2.22. The zero-order valence-corrected chi connectivity index (χ0v) is 14.4. The predicted molar refractivity (Wildman–Crippen MR) is 100 cm³/mol. The first-order chi connectivity index (χ1) is 13.2. The number of pyridine rings is 1. The van der Waals surface area contributed by atoms with E-state index in [0.29, 0.717) is 30.2 Å². The Labute approximate surface area is 155 Å². The van der Waals surface area contributed by atoms with E-state index in [0.717, 1.165) is 11.3 Å². The molecule has 0 radical (unpaired) electrons. The molecule has 0 atom stereocenters. The summed E-state index contributed by atoms with van der Waals surface area (Å²) in [4.78, 5) is 16.4. The molecule has 2 aromatic carbocycles. The summed E-state index contributed by atoms with van der Waals surface area (Å²) in [5, 5.41) is 5.83. The first-order valence-corrected chi connectivity index (χ1v) is 8.54. The van der Waals surface area contributed by atoms with E-state index in [9.17, 15) is 9.18 Å². The van der Waals surface area contributed by atoms with Crippen molar-refractivity contribution in [3.63, 3.8) is 0 Å². The number of ether oxygens (including phenoxy) is 1. The third-order valence-electron chi connectivity index (χ3n) is 4.14. The molecule has 0 fully saturated rings. The van der Waals surface area contributed by atoms with Gasteiger partial charge in [-0.25, -0.2) is 9.37 Å². The van der Waals surface area contributed by atoms with Crippen molar-refractivity contribution in [3.8, 4) is 11.5 Å². The monoisotopic (exact) mass is 361 g/mol. The van der Waals surface area contributed by atoms with Gasteiger partial charge in [-0.05, 0) is 66.2 Å². The van der Waals surface area contributed by atoms with Crippen molar-refractivity contribution in [2.45, 2.75) is 12.8 Å². The second kappa shape index (κ2) is 7.37. The predicted octanol–water partition coefficient (Wildman–Crippen LogP) is 4.54. The van der Waals surface area contributed by atoms with Crippen LogP contribution in [0.5, 0.6) is 11.5 Å². The molecule has 27 heavy (non-hydrogen) atoms. The van der Waals surface area contributed by atoms with Crippen LogP contribution in [0.3, 0.4) is 0 Å². The summed E-state index contributed by atoms with van der Waals surface area (Å²) in [6.07, 6.45) is 2.58. The van der Waals surface area contributed by atoms with Gasteiger partial charge in [0.1, 0.15) is 17.3 Å². The van der Waals surface area contributed by atoms with Gasteiger partial charge in [0.25, 0.3) is 0 Å². The van der Waals surface area contributed by atoms with Gasteiger partial charge in [-0.15, -0.1) is 0 Å². The Kier molecular flexibility index (Phi) is 4.61.